The molecule has 0 radical (unpaired) electrons. The smallest absolute Gasteiger partial charge is 0.348 e. The van der Waals surface area contributed by atoms with E-state index in [-0.39, 0.29) is 16.7 Å². The van der Waals surface area contributed by atoms with Gasteiger partial charge in [-0.25, -0.2) is 4.79 Å². The average molecular weight is 389 g/mol. The third-order valence-electron chi connectivity index (χ3n) is 3.93. The molecule has 0 saturated heterocycles. The second kappa shape index (κ2) is 8.22. The number of thiophene rings is 1. The SMILES string of the molecule is CC(=O)c1ccc(C(=O)OCC(=O)NC(C)c2ccc3c(c2)OCCO3)s1. The summed E-state index contributed by atoms with van der Waals surface area (Å²) < 4.78 is 16.0. The van der Waals surface area contributed by atoms with Gasteiger partial charge in [0.2, 0.25) is 0 Å². The Balaban J connectivity index is 1.52. The maximum Gasteiger partial charge on any atom is 0.348 e. The maximum atomic E-state index is 12.1. The lowest BCUT2D eigenvalue weighted by molar-refractivity contribution is -0.124. The van der Waals surface area contributed by atoms with Gasteiger partial charge in [-0.2, -0.15) is 0 Å². The summed E-state index contributed by atoms with van der Waals surface area (Å²) in [6.07, 6.45) is 0. The zero-order valence-corrected chi connectivity index (χ0v) is 15.8. The monoisotopic (exact) mass is 389 g/mol. The Morgan fingerprint density at radius 2 is 1.81 bits per heavy atom. The largest absolute Gasteiger partial charge is 0.486 e. The summed E-state index contributed by atoms with van der Waals surface area (Å²) in [5.74, 6) is 0.150. The van der Waals surface area contributed by atoms with Gasteiger partial charge in [0.15, 0.2) is 23.9 Å². The van der Waals surface area contributed by atoms with E-state index in [0.29, 0.717) is 29.6 Å². The number of fused-ring (bicyclic) bond motifs is 1. The summed E-state index contributed by atoms with van der Waals surface area (Å²) in [5.41, 5.74) is 0.850. The molecule has 27 heavy (non-hydrogen) atoms. The maximum absolute atomic E-state index is 12.1. The Kier molecular flexibility index (Phi) is 5.75. The van der Waals surface area contributed by atoms with Gasteiger partial charge in [-0.05, 0) is 43.7 Å². The zero-order chi connectivity index (χ0) is 19.4. The highest BCUT2D eigenvalue weighted by Crippen LogP contribution is 2.32. The highest BCUT2D eigenvalue weighted by atomic mass is 32.1. The van der Waals surface area contributed by atoms with Crippen LogP contribution >= 0.6 is 11.3 Å². The number of hydrogen-bond acceptors (Lipinski definition) is 7. The molecule has 142 valence electrons. The van der Waals surface area contributed by atoms with Gasteiger partial charge in [0.25, 0.3) is 5.91 Å². The number of ether oxygens (including phenoxy) is 3. The van der Waals surface area contributed by atoms with Gasteiger partial charge < -0.3 is 19.5 Å². The highest BCUT2D eigenvalue weighted by Gasteiger charge is 2.18. The standard InChI is InChI=1S/C19H19NO6S/c1-11(13-3-4-14-15(9-13)25-8-7-24-14)20-18(22)10-26-19(23)17-6-5-16(27-17)12(2)21/h3-6,9,11H,7-8,10H2,1-2H3,(H,20,22). The number of carbonyl (C=O) groups excluding carboxylic acids is 3. The summed E-state index contributed by atoms with van der Waals surface area (Å²) in [4.78, 5) is 36.1. The predicted molar refractivity (Wildman–Crippen MR) is 98.6 cm³/mol. The third-order valence-corrected chi connectivity index (χ3v) is 5.10. The molecule has 0 aliphatic carbocycles. The van der Waals surface area contributed by atoms with Crippen LogP contribution in [0.2, 0.25) is 0 Å². The van der Waals surface area contributed by atoms with Crippen molar-refractivity contribution in [2.45, 2.75) is 19.9 Å². The van der Waals surface area contributed by atoms with Crippen molar-refractivity contribution in [3.63, 3.8) is 0 Å². The third kappa shape index (κ3) is 4.65. The number of rotatable bonds is 6. The van der Waals surface area contributed by atoms with Crippen molar-refractivity contribution in [3.05, 3.63) is 45.6 Å². The van der Waals surface area contributed by atoms with Crippen LogP contribution in [-0.4, -0.2) is 37.5 Å². The molecule has 3 rings (SSSR count). The van der Waals surface area contributed by atoms with Crippen LogP contribution in [0.3, 0.4) is 0 Å². The number of carbonyl (C=O) groups is 3. The molecule has 1 N–H and O–H groups in total. The number of esters is 1. The minimum absolute atomic E-state index is 0.120. The van der Waals surface area contributed by atoms with E-state index >= 15 is 0 Å². The van der Waals surface area contributed by atoms with Crippen LogP contribution < -0.4 is 14.8 Å². The molecule has 8 heteroatoms. The van der Waals surface area contributed by atoms with Crippen LogP contribution in [0.1, 0.15) is 44.8 Å². The minimum atomic E-state index is -0.630. The van der Waals surface area contributed by atoms with Crippen molar-refractivity contribution < 1.29 is 28.6 Å². The first-order valence-electron chi connectivity index (χ1n) is 8.41. The van der Waals surface area contributed by atoms with Crippen molar-refractivity contribution >= 4 is 29.0 Å². The quantitative estimate of drug-likeness (QED) is 0.603. The molecule has 0 fully saturated rings. The molecule has 1 aromatic carbocycles. The summed E-state index contributed by atoms with van der Waals surface area (Å²) in [6, 6.07) is 8.25. The van der Waals surface area contributed by atoms with Gasteiger partial charge in [0.1, 0.15) is 18.1 Å². The normalized spacial score (nSPS) is 13.6. The van der Waals surface area contributed by atoms with Gasteiger partial charge in [0.05, 0.1) is 10.9 Å². The summed E-state index contributed by atoms with van der Waals surface area (Å²) in [5, 5.41) is 2.77. The van der Waals surface area contributed by atoms with E-state index in [0.717, 1.165) is 16.9 Å². The summed E-state index contributed by atoms with van der Waals surface area (Å²) in [7, 11) is 0. The van der Waals surface area contributed by atoms with Gasteiger partial charge in [0, 0.05) is 0 Å². The first-order valence-corrected chi connectivity index (χ1v) is 9.22. The lowest BCUT2D eigenvalue weighted by atomic mass is 10.1. The van der Waals surface area contributed by atoms with E-state index in [2.05, 4.69) is 5.32 Å². The molecular formula is C19H19NO6S. The first-order chi connectivity index (χ1) is 12.9. The number of benzene rings is 1. The lowest BCUT2D eigenvalue weighted by Gasteiger charge is -2.21. The van der Waals surface area contributed by atoms with Crippen LogP contribution in [0.4, 0.5) is 0 Å². The van der Waals surface area contributed by atoms with E-state index in [4.69, 9.17) is 14.2 Å². The van der Waals surface area contributed by atoms with Gasteiger partial charge in [-0.3, -0.25) is 9.59 Å². The van der Waals surface area contributed by atoms with E-state index in [1.54, 1.807) is 12.1 Å². The molecular weight excluding hydrogens is 370 g/mol. The summed E-state index contributed by atoms with van der Waals surface area (Å²) >= 11 is 1.04. The molecule has 1 aliphatic heterocycles. The fourth-order valence-electron chi connectivity index (χ4n) is 2.53. The van der Waals surface area contributed by atoms with Crippen molar-refractivity contribution in [1.82, 2.24) is 5.32 Å². The van der Waals surface area contributed by atoms with E-state index in [1.165, 1.54) is 13.0 Å². The second-order valence-corrected chi connectivity index (χ2v) is 7.07. The fourth-order valence-corrected chi connectivity index (χ4v) is 3.33. The first kappa shape index (κ1) is 18.9. The lowest BCUT2D eigenvalue weighted by Crippen LogP contribution is -2.31. The van der Waals surface area contributed by atoms with Gasteiger partial charge in [-0.1, -0.05) is 6.07 Å². The Hall–Kier alpha value is -2.87. The van der Waals surface area contributed by atoms with E-state index < -0.39 is 18.5 Å². The number of amides is 1. The number of hydrogen-bond donors (Lipinski definition) is 1. The molecule has 1 unspecified atom stereocenters. The number of ketones is 1. The minimum Gasteiger partial charge on any atom is -0.486 e. The van der Waals surface area contributed by atoms with Crippen LogP contribution in [0.25, 0.3) is 0 Å². The van der Waals surface area contributed by atoms with Crippen LogP contribution in [-0.2, 0) is 9.53 Å². The topological polar surface area (TPSA) is 90.9 Å². The second-order valence-electron chi connectivity index (χ2n) is 5.99. The van der Waals surface area contributed by atoms with Crippen molar-refractivity contribution in [1.29, 1.82) is 0 Å². The molecule has 1 amide bonds. The summed E-state index contributed by atoms with van der Waals surface area (Å²) in [6.45, 7) is 3.85. The Morgan fingerprint density at radius 1 is 1.11 bits per heavy atom. The molecule has 1 atom stereocenters. The molecule has 0 spiro atoms. The van der Waals surface area contributed by atoms with Gasteiger partial charge in [-0.15, -0.1) is 11.3 Å². The molecule has 0 bridgehead atoms. The van der Waals surface area contributed by atoms with Crippen molar-refractivity contribution in [2.75, 3.05) is 19.8 Å². The van der Waals surface area contributed by atoms with Crippen LogP contribution in [0, 0.1) is 0 Å². The average Bonchev–Trinajstić information content (AvgIpc) is 3.16. The predicted octanol–water partition coefficient (Wildman–Crippen LogP) is 2.76. The molecule has 1 aliphatic rings. The van der Waals surface area contributed by atoms with Gasteiger partial charge >= 0.3 is 5.97 Å². The number of nitrogens with one attached hydrogen (secondary N) is 1. The molecule has 2 aromatic rings. The van der Waals surface area contributed by atoms with Crippen LogP contribution in [0.15, 0.2) is 30.3 Å². The Morgan fingerprint density at radius 3 is 2.52 bits per heavy atom. The van der Waals surface area contributed by atoms with Crippen molar-refractivity contribution in [2.24, 2.45) is 0 Å². The molecule has 1 aromatic heterocycles. The number of Topliss-reactive ketones (excluding diaryl/α,β-unsaturated/α-hetero) is 1. The Bertz CT molecular complexity index is 875. The van der Waals surface area contributed by atoms with E-state index in [1.807, 2.05) is 19.1 Å². The van der Waals surface area contributed by atoms with E-state index in [9.17, 15) is 14.4 Å². The fraction of sp³-hybridized carbons (Fsp3) is 0.316. The zero-order valence-electron chi connectivity index (χ0n) is 14.9. The molecule has 2 heterocycles. The molecule has 0 saturated carbocycles. The highest BCUT2D eigenvalue weighted by molar-refractivity contribution is 7.15. The van der Waals surface area contributed by atoms with Crippen molar-refractivity contribution in [3.8, 4) is 11.5 Å². The van der Waals surface area contributed by atoms with Crippen LogP contribution in [0.5, 0.6) is 11.5 Å². The Labute approximate surface area is 160 Å². The molecule has 7 nitrogen and oxygen atoms in total.